The topological polar surface area (TPSA) is 81.1 Å². The molecule has 0 aliphatic heterocycles. The fraction of sp³-hybridized carbons (Fsp3) is 0.375. The Balaban J connectivity index is 0.00000392. The molecule has 1 amide bonds. The first-order valence-corrected chi connectivity index (χ1v) is 9.74. The van der Waals surface area contributed by atoms with Gasteiger partial charge in [-0.05, 0) is 19.1 Å². The van der Waals surface area contributed by atoms with E-state index in [1.807, 2.05) is 0 Å². The van der Waals surface area contributed by atoms with Crippen LogP contribution in [0.4, 0.5) is 18.9 Å². The predicted molar refractivity (Wildman–Crippen MR) is 105 cm³/mol. The fourth-order valence-electron chi connectivity index (χ4n) is 2.28. The molecule has 0 aliphatic carbocycles. The van der Waals surface area contributed by atoms with Gasteiger partial charge in [-0.1, -0.05) is 18.5 Å². The van der Waals surface area contributed by atoms with Crippen LogP contribution in [-0.2, 0) is 16.9 Å². The van der Waals surface area contributed by atoms with Crippen molar-refractivity contribution in [2.75, 3.05) is 11.1 Å². The van der Waals surface area contributed by atoms with Crippen LogP contribution in [-0.4, -0.2) is 35.6 Å². The van der Waals surface area contributed by atoms with E-state index in [1.165, 1.54) is 25.4 Å². The SMILES string of the molecule is C[C@H](CS(=O)(=O)c1cn(C)c(C(=O)Nc2ccnc(Cl)c2)c1F)C(C)(F)F.S. The minimum atomic E-state index is -4.38. The van der Waals surface area contributed by atoms with E-state index in [0.29, 0.717) is 6.92 Å². The van der Waals surface area contributed by atoms with Crippen LogP contribution in [0, 0.1) is 11.7 Å². The first kappa shape index (κ1) is 24.3. The molecule has 0 saturated carbocycles. The normalized spacial score (nSPS) is 13.0. The number of sulfone groups is 1. The third-order valence-corrected chi connectivity index (χ3v) is 6.06. The maximum Gasteiger partial charge on any atom is 0.275 e. The van der Waals surface area contributed by atoms with Gasteiger partial charge in [0, 0.05) is 31.0 Å². The molecule has 0 aliphatic rings. The van der Waals surface area contributed by atoms with Gasteiger partial charge in [0.15, 0.2) is 15.7 Å². The molecule has 1 N–H and O–H groups in total. The third-order valence-electron chi connectivity index (χ3n) is 3.96. The Morgan fingerprint density at radius 1 is 1.43 bits per heavy atom. The highest BCUT2D eigenvalue weighted by atomic mass is 35.5. The van der Waals surface area contributed by atoms with E-state index in [1.54, 1.807) is 0 Å². The van der Waals surface area contributed by atoms with E-state index in [2.05, 4.69) is 10.3 Å². The Hall–Kier alpha value is -1.72. The summed E-state index contributed by atoms with van der Waals surface area (Å²) in [4.78, 5) is 15.3. The highest BCUT2D eigenvalue weighted by molar-refractivity contribution is 7.91. The Morgan fingerprint density at radius 2 is 2.04 bits per heavy atom. The molecule has 0 radical (unpaired) electrons. The number of hydrogen-bond donors (Lipinski definition) is 1. The number of halogens is 4. The summed E-state index contributed by atoms with van der Waals surface area (Å²) in [6.45, 7) is 1.65. The van der Waals surface area contributed by atoms with Gasteiger partial charge in [0.05, 0.1) is 5.75 Å². The van der Waals surface area contributed by atoms with Gasteiger partial charge >= 0.3 is 0 Å². The van der Waals surface area contributed by atoms with Crippen LogP contribution in [0.5, 0.6) is 0 Å². The number of aryl methyl sites for hydroxylation is 1. The largest absolute Gasteiger partial charge is 0.343 e. The zero-order valence-electron chi connectivity index (χ0n) is 15.1. The van der Waals surface area contributed by atoms with Gasteiger partial charge in [-0.25, -0.2) is 26.6 Å². The van der Waals surface area contributed by atoms with Gasteiger partial charge in [0.1, 0.15) is 15.7 Å². The van der Waals surface area contributed by atoms with Crippen molar-refractivity contribution in [3.8, 4) is 0 Å². The number of carbonyl (C=O) groups is 1. The second-order valence-corrected chi connectivity index (χ2v) is 8.62. The van der Waals surface area contributed by atoms with E-state index >= 15 is 0 Å². The van der Waals surface area contributed by atoms with Crippen molar-refractivity contribution in [3.63, 3.8) is 0 Å². The lowest BCUT2D eigenvalue weighted by atomic mass is 10.1. The van der Waals surface area contributed by atoms with Crippen molar-refractivity contribution >= 4 is 46.5 Å². The number of nitrogens with zero attached hydrogens (tertiary/aromatic N) is 2. The quantitative estimate of drug-likeness (QED) is 0.671. The fourth-order valence-corrected chi connectivity index (χ4v) is 4.27. The lowest BCUT2D eigenvalue weighted by Gasteiger charge is -2.18. The molecule has 156 valence electrons. The van der Waals surface area contributed by atoms with Crippen molar-refractivity contribution < 1.29 is 26.4 Å². The molecule has 0 saturated heterocycles. The van der Waals surface area contributed by atoms with E-state index in [0.717, 1.165) is 17.7 Å². The summed E-state index contributed by atoms with van der Waals surface area (Å²) in [6.07, 6.45) is 2.21. The highest BCUT2D eigenvalue weighted by Crippen LogP contribution is 2.29. The number of rotatable bonds is 6. The summed E-state index contributed by atoms with van der Waals surface area (Å²) in [5, 5.41) is 2.47. The Labute approximate surface area is 172 Å². The third kappa shape index (κ3) is 5.42. The summed E-state index contributed by atoms with van der Waals surface area (Å²) in [7, 11) is -3.10. The molecule has 1 atom stereocenters. The number of hydrogen-bond acceptors (Lipinski definition) is 4. The molecule has 2 aromatic heterocycles. The summed E-state index contributed by atoms with van der Waals surface area (Å²) in [6, 6.07) is 2.73. The Morgan fingerprint density at radius 3 is 2.57 bits per heavy atom. The van der Waals surface area contributed by atoms with Crippen molar-refractivity contribution in [3.05, 3.63) is 41.2 Å². The predicted octanol–water partition coefficient (Wildman–Crippen LogP) is 3.64. The zero-order chi connectivity index (χ0) is 20.6. The first-order chi connectivity index (χ1) is 12.3. The average Bonchev–Trinajstić information content (AvgIpc) is 2.81. The lowest BCUT2D eigenvalue weighted by Crippen LogP contribution is -2.29. The summed E-state index contributed by atoms with van der Waals surface area (Å²) in [5.74, 6) is -7.97. The molecule has 0 bridgehead atoms. The molecule has 6 nitrogen and oxygen atoms in total. The van der Waals surface area contributed by atoms with Gasteiger partial charge in [-0.15, -0.1) is 0 Å². The molecule has 12 heteroatoms. The Kier molecular flexibility index (Phi) is 7.60. The van der Waals surface area contributed by atoms with E-state index in [4.69, 9.17) is 11.6 Å². The number of pyridine rings is 1. The monoisotopic (exact) mass is 457 g/mol. The van der Waals surface area contributed by atoms with Gasteiger partial charge in [-0.3, -0.25) is 4.79 Å². The summed E-state index contributed by atoms with van der Waals surface area (Å²) < 4.78 is 67.0. The van der Waals surface area contributed by atoms with Crippen LogP contribution in [0.3, 0.4) is 0 Å². The van der Waals surface area contributed by atoms with Crippen LogP contribution in [0.25, 0.3) is 0 Å². The Bertz CT molecular complexity index is 975. The number of carbonyl (C=O) groups excluding carboxylic acids is 1. The number of anilines is 1. The van der Waals surface area contributed by atoms with Crippen LogP contribution in [0.1, 0.15) is 24.3 Å². The van der Waals surface area contributed by atoms with Crippen molar-refractivity contribution in [2.24, 2.45) is 13.0 Å². The molecular formula is C16H19ClF3N3O3S2. The maximum absolute atomic E-state index is 14.7. The van der Waals surface area contributed by atoms with E-state index in [-0.39, 0.29) is 24.3 Å². The number of amides is 1. The molecule has 28 heavy (non-hydrogen) atoms. The summed E-state index contributed by atoms with van der Waals surface area (Å²) in [5.41, 5.74) is -0.332. The van der Waals surface area contributed by atoms with Crippen LogP contribution < -0.4 is 5.32 Å². The van der Waals surface area contributed by atoms with E-state index in [9.17, 15) is 26.4 Å². The van der Waals surface area contributed by atoms with Gasteiger partial charge in [0.2, 0.25) is 5.92 Å². The first-order valence-electron chi connectivity index (χ1n) is 7.71. The molecule has 0 aromatic carbocycles. The van der Waals surface area contributed by atoms with Crippen molar-refractivity contribution in [1.29, 1.82) is 0 Å². The van der Waals surface area contributed by atoms with Crippen LogP contribution in [0.15, 0.2) is 29.4 Å². The van der Waals surface area contributed by atoms with Crippen LogP contribution in [0.2, 0.25) is 5.15 Å². The zero-order valence-corrected chi connectivity index (χ0v) is 17.7. The van der Waals surface area contributed by atoms with Gasteiger partial charge in [-0.2, -0.15) is 13.5 Å². The second kappa shape index (κ2) is 8.75. The number of nitrogens with one attached hydrogen (secondary N) is 1. The van der Waals surface area contributed by atoms with Gasteiger partial charge in [0.25, 0.3) is 5.91 Å². The molecule has 2 aromatic rings. The van der Waals surface area contributed by atoms with Gasteiger partial charge < -0.3 is 9.88 Å². The molecule has 0 unspecified atom stereocenters. The minimum Gasteiger partial charge on any atom is -0.343 e. The summed E-state index contributed by atoms with van der Waals surface area (Å²) >= 11 is 5.70. The second-order valence-electron chi connectivity index (χ2n) is 6.23. The lowest BCUT2D eigenvalue weighted by molar-refractivity contribution is -0.0238. The van der Waals surface area contributed by atoms with Crippen molar-refractivity contribution in [1.82, 2.24) is 9.55 Å². The molecular weight excluding hydrogens is 439 g/mol. The molecule has 2 heterocycles. The van der Waals surface area contributed by atoms with Crippen molar-refractivity contribution in [2.45, 2.75) is 24.7 Å². The minimum absolute atomic E-state index is 0. The van der Waals surface area contributed by atoms with E-state index < -0.39 is 49.7 Å². The maximum atomic E-state index is 14.7. The number of aromatic nitrogens is 2. The molecule has 0 spiro atoms. The van der Waals surface area contributed by atoms with Crippen LogP contribution >= 0.6 is 25.1 Å². The molecule has 2 rings (SSSR count). The molecule has 0 fully saturated rings. The number of alkyl halides is 2. The highest BCUT2D eigenvalue weighted by Gasteiger charge is 2.37. The standard InChI is InChI=1S/C16H17ClF3N3O3S.H2S/c1-9(16(2,19)20)8-27(25,26)11-7-23(3)14(13(11)18)15(24)22-10-4-5-21-12(17)6-10;/h4-7,9H,8H2,1-3H3,(H,21,22,24);1H2/t9-;/m1./s1. The smallest absolute Gasteiger partial charge is 0.275 e. The average molecular weight is 458 g/mol.